The van der Waals surface area contributed by atoms with Crippen LogP contribution in [0.4, 0.5) is 0 Å². The van der Waals surface area contributed by atoms with Gasteiger partial charge in [-0.2, -0.15) is 0 Å². The van der Waals surface area contributed by atoms with Gasteiger partial charge < -0.3 is 10.2 Å². The Morgan fingerprint density at radius 3 is 1.13 bits per heavy atom. The van der Waals surface area contributed by atoms with E-state index in [1.807, 2.05) is 48.6 Å². The molecule has 0 spiro atoms. The SMILES string of the molecule is CC(CC([O-])=C1C=CC=C1)CC(C)(C)C.CC(CC([O-])=C1C=CC=C1)CC(C)(C)C.[Fe+2]. The van der Waals surface area contributed by atoms with Crippen molar-refractivity contribution in [3.63, 3.8) is 0 Å². The van der Waals surface area contributed by atoms with Crippen LogP contribution in [0.25, 0.3) is 0 Å². The van der Waals surface area contributed by atoms with Crippen LogP contribution in [0.3, 0.4) is 0 Å². The van der Waals surface area contributed by atoms with E-state index in [1.165, 1.54) is 0 Å². The zero-order chi connectivity index (χ0) is 22.9. The van der Waals surface area contributed by atoms with Crippen molar-refractivity contribution in [2.45, 2.75) is 81.1 Å². The zero-order valence-corrected chi connectivity index (χ0v) is 21.9. The molecule has 0 aliphatic heterocycles. The second kappa shape index (κ2) is 13.2. The second-order valence-corrected chi connectivity index (χ2v) is 11.3. The summed E-state index contributed by atoms with van der Waals surface area (Å²) in [5.41, 5.74) is 2.34. The average Bonchev–Trinajstić information content (AvgIpc) is 3.26. The first-order valence-electron chi connectivity index (χ1n) is 11.3. The van der Waals surface area contributed by atoms with Crippen LogP contribution in [0.5, 0.6) is 0 Å². The minimum Gasteiger partial charge on any atom is -0.875 e. The van der Waals surface area contributed by atoms with E-state index in [1.54, 1.807) is 0 Å². The molecule has 0 N–H and O–H groups in total. The summed E-state index contributed by atoms with van der Waals surface area (Å²) in [6.45, 7) is 17.6. The Morgan fingerprint density at radius 1 is 0.645 bits per heavy atom. The summed E-state index contributed by atoms with van der Waals surface area (Å²) < 4.78 is 0. The minimum atomic E-state index is 0. The predicted octanol–water partition coefficient (Wildman–Crippen LogP) is 6.38. The first kappa shape index (κ1) is 29.6. The molecule has 2 aliphatic rings. The monoisotopic (exact) mass is 466 g/mol. The Morgan fingerprint density at radius 2 is 0.903 bits per heavy atom. The Bertz CT molecular complexity index is 642. The van der Waals surface area contributed by atoms with E-state index in [4.69, 9.17) is 0 Å². The molecular formula is C28H42FeO2. The van der Waals surface area contributed by atoms with Gasteiger partial charge in [0.25, 0.3) is 0 Å². The van der Waals surface area contributed by atoms with Gasteiger partial charge in [-0.25, -0.2) is 0 Å². The second-order valence-electron chi connectivity index (χ2n) is 11.3. The van der Waals surface area contributed by atoms with Gasteiger partial charge in [0.15, 0.2) is 0 Å². The van der Waals surface area contributed by atoms with E-state index in [2.05, 4.69) is 55.4 Å². The Hall–Kier alpha value is -1.44. The molecule has 3 heteroatoms. The van der Waals surface area contributed by atoms with Crippen LogP contribution in [0, 0.1) is 22.7 Å². The fourth-order valence-electron chi connectivity index (χ4n) is 4.22. The molecule has 2 rings (SSSR count). The molecule has 2 unspecified atom stereocenters. The van der Waals surface area contributed by atoms with Gasteiger partial charge in [0.2, 0.25) is 0 Å². The van der Waals surface area contributed by atoms with E-state index in [-0.39, 0.29) is 28.6 Å². The number of hydrogen-bond donors (Lipinski definition) is 0. The van der Waals surface area contributed by atoms with Crippen molar-refractivity contribution in [2.24, 2.45) is 22.7 Å². The maximum atomic E-state index is 11.8. The molecule has 0 aromatic carbocycles. The van der Waals surface area contributed by atoms with Gasteiger partial charge in [-0.15, -0.1) is 11.5 Å². The summed E-state index contributed by atoms with van der Waals surface area (Å²) in [5.74, 6) is 1.48. The zero-order valence-electron chi connectivity index (χ0n) is 20.8. The molecule has 0 bridgehead atoms. The van der Waals surface area contributed by atoms with E-state index >= 15 is 0 Å². The molecule has 174 valence electrons. The third kappa shape index (κ3) is 13.5. The molecule has 0 heterocycles. The predicted molar refractivity (Wildman–Crippen MR) is 126 cm³/mol. The largest absolute Gasteiger partial charge is 2.00 e. The van der Waals surface area contributed by atoms with Gasteiger partial charge in [-0.1, -0.05) is 104 Å². The molecular weight excluding hydrogens is 424 g/mol. The van der Waals surface area contributed by atoms with E-state index in [9.17, 15) is 10.2 Å². The van der Waals surface area contributed by atoms with Crippen LogP contribution in [0.2, 0.25) is 0 Å². The van der Waals surface area contributed by atoms with Gasteiger partial charge in [0.1, 0.15) is 0 Å². The van der Waals surface area contributed by atoms with Crippen molar-refractivity contribution < 1.29 is 27.3 Å². The summed E-state index contributed by atoms with van der Waals surface area (Å²) >= 11 is 0. The molecule has 0 fully saturated rings. The van der Waals surface area contributed by atoms with Crippen LogP contribution < -0.4 is 10.2 Å². The van der Waals surface area contributed by atoms with Gasteiger partial charge >= 0.3 is 17.1 Å². The quantitative estimate of drug-likeness (QED) is 0.337. The van der Waals surface area contributed by atoms with E-state index in [0.717, 1.165) is 24.0 Å². The maximum Gasteiger partial charge on any atom is 2.00 e. The van der Waals surface area contributed by atoms with Crippen molar-refractivity contribution in [3.05, 3.63) is 71.3 Å². The van der Waals surface area contributed by atoms with Crippen molar-refractivity contribution in [1.82, 2.24) is 0 Å². The van der Waals surface area contributed by atoms with Crippen LogP contribution >= 0.6 is 0 Å². The number of hydrogen-bond acceptors (Lipinski definition) is 2. The normalized spacial score (nSPS) is 16.6. The van der Waals surface area contributed by atoms with Crippen molar-refractivity contribution in [3.8, 4) is 0 Å². The summed E-state index contributed by atoms with van der Waals surface area (Å²) in [5, 5.41) is 23.6. The smallest absolute Gasteiger partial charge is 0.875 e. The van der Waals surface area contributed by atoms with Gasteiger partial charge in [0, 0.05) is 0 Å². The molecule has 0 aromatic heterocycles. The molecule has 2 nitrogen and oxygen atoms in total. The fourth-order valence-corrected chi connectivity index (χ4v) is 4.22. The van der Waals surface area contributed by atoms with Crippen LogP contribution in [0.1, 0.15) is 81.1 Å². The maximum absolute atomic E-state index is 11.8. The molecule has 0 saturated carbocycles. The standard InChI is InChI=1S/2C14H22O.Fe/c2*1-11(10-14(2,3)4)9-13(15)12-7-5-6-8-12;/h2*5-8,11,15H,9-10H2,1-4H3;/q;;+2/p-2. The average molecular weight is 466 g/mol. The van der Waals surface area contributed by atoms with E-state index in [0.29, 0.717) is 35.5 Å². The Labute approximate surface area is 202 Å². The van der Waals surface area contributed by atoms with Crippen LogP contribution in [-0.2, 0) is 17.1 Å². The topological polar surface area (TPSA) is 46.1 Å². The molecule has 0 radical (unpaired) electrons. The molecule has 2 aliphatic carbocycles. The van der Waals surface area contributed by atoms with Crippen molar-refractivity contribution in [2.75, 3.05) is 0 Å². The molecule has 2 atom stereocenters. The molecule has 31 heavy (non-hydrogen) atoms. The molecule has 0 aromatic rings. The minimum absolute atomic E-state index is 0. The van der Waals surface area contributed by atoms with Crippen molar-refractivity contribution >= 4 is 0 Å². The summed E-state index contributed by atoms with van der Waals surface area (Å²) in [6, 6.07) is 0. The van der Waals surface area contributed by atoms with Gasteiger partial charge in [0.05, 0.1) is 0 Å². The molecule has 0 amide bonds. The molecule has 0 saturated heterocycles. The summed E-state index contributed by atoms with van der Waals surface area (Å²) in [7, 11) is 0. The number of allylic oxidation sites excluding steroid dienone is 12. The summed E-state index contributed by atoms with van der Waals surface area (Å²) in [4.78, 5) is 0. The van der Waals surface area contributed by atoms with Crippen LogP contribution in [-0.4, -0.2) is 0 Å². The fraction of sp³-hybridized carbons (Fsp3) is 0.571. The Balaban J connectivity index is 0.000000562. The number of rotatable bonds is 6. The van der Waals surface area contributed by atoms with Gasteiger partial charge in [-0.3, -0.25) is 0 Å². The first-order chi connectivity index (χ1) is 13.8. The summed E-state index contributed by atoms with van der Waals surface area (Å²) in [6.07, 6.45) is 18.8. The van der Waals surface area contributed by atoms with Gasteiger partial charge in [-0.05, 0) is 59.5 Å². The Kier molecular flexibility index (Phi) is 12.6. The van der Waals surface area contributed by atoms with Crippen molar-refractivity contribution in [1.29, 1.82) is 0 Å². The van der Waals surface area contributed by atoms with E-state index < -0.39 is 0 Å². The third-order valence-electron chi connectivity index (χ3n) is 4.96. The first-order valence-corrected chi connectivity index (χ1v) is 11.3. The third-order valence-corrected chi connectivity index (χ3v) is 4.96. The van der Waals surface area contributed by atoms with Crippen LogP contribution in [0.15, 0.2) is 71.3 Å².